The normalized spacial score (nSPS) is 12.6. The van der Waals surface area contributed by atoms with Crippen molar-refractivity contribution in [2.24, 2.45) is 0 Å². The highest BCUT2D eigenvalue weighted by molar-refractivity contribution is 7.89. The predicted molar refractivity (Wildman–Crippen MR) is 95.5 cm³/mol. The van der Waals surface area contributed by atoms with E-state index in [2.05, 4.69) is 10.0 Å². The van der Waals surface area contributed by atoms with E-state index in [-0.39, 0.29) is 24.5 Å². The fraction of sp³-hybridized carbons (Fsp3) is 0.278. The monoisotopic (exact) mass is 362 g/mol. The van der Waals surface area contributed by atoms with Gasteiger partial charge in [-0.05, 0) is 31.0 Å². The lowest BCUT2D eigenvalue weighted by molar-refractivity contribution is -0.122. The van der Waals surface area contributed by atoms with Crippen LogP contribution in [-0.4, -0.2) is 38.6 Å². The maximum atomic E-state index is 12.6. The zero-order valence-electron chi connectivity index (χ0n) is 14.0. The average molecular weight is 362 g/mol. The molecular formula is C18H22N2O4S. The first-order valence-electron chi connectivity index (χ1n) is 7.94. The Balaban J connectivity index is 2.22. The van der Waals surface area contributed by atoms with Gasteiger partial charge < -0.3 is 10.4 Å². The van der Waals surface area contributed by atoms with Crippen LogP contribution >= 0.6 is 0 Å². The Hall–Kier alpha value is -2.22. The molecule has 2 rings (SSSR count). The zero-order chi connectivity index (χ0) is 18.3. The largest absolute Gasteiger partial charge is 0.395 e. The molecule has 0 fully saturated rings. The summed E-state index contributed by atoms with van der Waals surface area (Å²) in [5.74, 6) is -0.478. The maximum absolute atomic E-state index is 12.6. The number of aliphatic hydroxyl groups excluding tert-OH is 1. The van der Waals surface area contributed by atoms with Crippen LogP contribution in [0.3, 0.4) is 0 Å². The Kier molecular flexibility index (Phi) is 6.69. The Morgan fingerprint density at radius 1 is 1.08 bits per heavy atom. The van der Waals surface area contributed by atoms with Gasteiger partial charge in [0, 0.05) is 6.54 Å². The molecule has 0 aliphatic rings. The summed E-state index contributed by atoms with van der Waals surface area (Å²) in [6.07, 6.45) is 0.212. The second-order valence-electron chi connectivity index (χ2n) is 5.69. The summed E-state index contributed by atoms with van der Waals surface area (Å²) in [6.45, 7) is 1.72. The minimum atomic E-state index is -3.84. The molecule has 3 N–H and O–H groups in total. The number of rotatable bonds is 8. The number of hydrogen-bond donors (Lipinski definition) is 3. The Bertz CT molecular complexity index is 790. The van der Waals surface area contributed by atoms with Crippen LogP contribution in [0.15, 0.2) is 59.5 Å². The first-order valence-corrected chi connectivity index (χ1v) is 9.42. The molecule has 0 saturated heterocycles. The molecule has 0 saturated carbocycles. The fourth-order valence-electron chi connectivity index (χ4n) is 2.31. The molecular weight excluding hydrogens is 340 g/mol. The molecule has 0 bridgehead atoms. The lowest BCUT2D eigenvalue weighted by Gasteiger charge is -2.18. The minimum Gasteiger partial charge on any atom is -0.395 e. The maximum Gasteiger partial charge on any atom is 0.241 e. The van der Waals surface area contributed by atoms with Crippen molar-refractivity contribution >= 4 is 15.9 Å². The molecule has 6 nitrogen and oxygen atoms in total. The van der Waals surface area contributed by atoms with Gasteiger partial charge in [0.2, 0.25) is 15.9 Å². The van der Waals surface area contributed by atoms with Gasteiger partial charge in [-0.2, -0.15) is 4.72 Å². The van der Waals surface area contributed by atoms with Crippen molar-refractivity contribution < 1.29 is 18.3 Å². The summed E-state index contributed by atoms with van der Waals surface area (Å²) in [5, 5.41) is 11.4. The fourth-order valence-corrected chi connectivity index (χ4v) is 3.51. The quantitative estimate of drug-likeness (QED) is 0.653. The smallest absolute Gasteiger partial charge is 0.241 e. The molecule has 0 aliphatic heterocycles. The van der Waals surface area contributed by atoms with Crippen LogP contribution in [0.5, 0.6) is 0 Å². The van der Waals surface area contributed by atoms with E-state index in [1.807, 2.05) is 37.3 Å². The van der Waals surface area contributed by atoms with Gasteiger partial charge in [0.1, 0.15) is 6.04 Å². The lowest BCUT2D eigenvalue weighted by Crippen LogP contribution is -2.48. The summed E-state index contributed by atoms with van der Waals surface area (Å²) in [4.78, 5) is 12.4. The number of carbonyl (C=O) groups is 1. The second kappa shape index (κ2) is 8.75. The van der Waals surface area contributed by atoms with Crippen LogP contribution in [-0.2, 0) is 21.2 Å². The van der Waals surface area contributed by atoms with Crippen LogP contribution in [0.25, 0.3) is 0 Å². The molecule has 7 heteroatoms. The topological polar surface area (TPSA) is 95.5 Å². The van der Waals surface area contributed by atoms with E-state index in [0.717, 1.165) is 11.1 Å². The molecule has 1 amide bonds. The predicted octanol–water partition coefficient (Wildman–Crippen LogP) is 0.993. The van der Waals surface area contributed by atoms with Gasteiger partial charge in [-0.15, -0.1) is 0 Å². The van der Waals surface area contributed by atoms with E-state index < -0.39 is 22.0 Å². The van der Waals surface area contributed by atoms with Gasteiger partial charge in [0.15, 0.2) is 0 Å². The third kappa shape index (κ3) is 5.67. The summed E-state index contributed by atoms with van der Waals surface area (Å²) >= 11 is 0. The number of hydrogen-bond acceptors (Lipinski definition) is 4. The number of aryl methyl sites for hydroxylation is 1. The van der Waals surface area contributed by atoms with E-state index in [1.54, 1.807) is 12.1 Å². The molecule has 134 valence electrons. The van der Waals surface area contributed by atoms with E-state index in [1.165, 1.54) is 12.1 Å². The number of amides is 1. The third-order valence-electron chi connectivity index (χ3n) is 3.64. The van der Waals surface area contributed by atoms with E-state index in [4.69, 9.17) is 5.11 Å². The van der Waals surface area contributed by atoms with Crippen LogP contribution in [0.4, 0.5) is 0 Å². The minimum absolute atomic E-state index is 0.0659. The Labute approximate surface area is 147 Å². The molecule has 0 heterocycles. The molecule has 0 radical (unpaired) electrons. The summed E-state index contributed by atoms with van der Waals surface area (Å²) in [5.41, 5.74) is 1.78. The van der Waals surface area contributed by atoms with Crippen molar-refractivity contribution in [2.75, 3.05) is 13.2 Å². The molecule has 2 aromatic carbocycles. The standard InChI is InChI=1S/C18H22N2O4S/c1-14-7-9-16(10-8-14)25(23,24)20-17(18(22)19-11-12-21)13-15-5-3-2-4-6-15/h2-10,17,20-21H,11-13H2,1H3,(H,19,22)/t17-/m0/s1. The van der Waals surface area contributed by atoms with Gasteiger partial charge in [-0.25, -0.2) is 8.42 Å². The summed E-state index contributed by atoms with van der Waals surface area (Å²) in [6, 6.07) is 14.6. The molecule has 0 aromatic heterocycles. The SMILES string of the molecule is Cc1ccc(S(=O)(=O)N[C@@H](Cc2ccccc2)C(=O)NCCO)cc1. The number of carbonyl (C=O) groups excluding carboxylic acids is 1. The van der Waals surface area contributed by atoms with Gasteiger partial charge in [0.05, 0.1) is 11.5 Å². The lowest BCUT2D eigenvalue weighted by atomic mass is 10.1. The Morgan fingerprint density at radius 2 is 1.72 bits per heavy atom. The van der Waals surface area contributed by atoms with Crippen LogP contribution < -0.4 is 10.0 Å². The van der Waals surface area contributed by atoms with Crippen molar-refractivity contribution in [3.8, 4) is 0 Å². The van der Waals surface area contributed by atoms with E-state index in [0.29, 0.717) is 0 Å². The number of aliphatic hydroxyl groups is 1. The first-order chi connectivity index (χ1) is 11.9. The zero-order valence-corrected chi connectivity index (χ0v) is 14.8. The van der Waals surface area contributed by atoms with Crippen molar-refractivity contribution in [2.45, 2.75) is 24.3 Å². The number of sulfonamides is 1. The average Bonchev–Trinajstić information content (AvgIpc) is 2.60. The van der Waals surface area contributed by atoms with Gasteiger partial charge >= 0.3 is 0 Å². The highest BCUT2D eigenvalue weighted by Crippen LogP contribution is 2.12. The highest BCUT2D eigenvalue weighted by Gasteiger charge is 2.25. The number of benzene rings is 2. The van der Waals surface area contributed by atoms with Crippen LogP contribution in [0.2, 0.25) is 0 Å². The van der Waals surface area contributed by atoms with Crippen molar-refractivity contribution in [1.82, 2.24) is 10.0 Å². The molecule has 2 aromatic rings. The molecule has 0 unspecified atom stereocenters. The summed E-state index contributed by atoms with van der Waals surface area (Å²) in [7, 11) is -3.84. The summed E-state index contributed by atoms with van der Waals surface area (Å²) < 4.78 is 27.6. The second-order valence-corrected chi connectivity index (χ2v) is 7.41. The van der Waals surface area contributed by atoms with E-state index >= 15 is 0 Å². The van der Waals surface area contributed by atoms with Crippen molar-refractivity contribution in [1.29, 1.82) is 0 Å². The van der Waals surface area contributed by atoms with E-state index in [9.17, 15) is 13.2 Å². The van der Waals surface area contributed by atoms with Crippen molar-refractivity contribution in [3.05, 3.63) is 65.7 Å². The number of nitrogens with one attached hydrogen (secondary N) is 2. The third-order valence-corrected chi connectivity index (χ3v) is 5.13. The van der Waals surface area contributed by atoms with Gasteiger partial charge in [-0.1, -0.05) is 48.0 Å². The van der Waals surface area contributed by atoms with Gasteiger partial charge in [-0.3, -0.25) is 4.79 Å². The Morgan fingerprint density at radius 3 is 2.32 bits per heavy atom. The van der Waals surface area contributed by atoms with Crippen LogP contribution in [0, 0.1) is 6.92 Å². The molecule has 25 heavy (non-hydrogen) atoms. The first kappa shape index (κ1) is 19.1. The highest BCUT2D eigenvalue weighted by atomic mass is 32.2. The molecule has 0 spiro atoms. The van der Waals surface area contributed by atoms with Gasteiger partial charge in [0.25, 0.3) is 0 Å². The molecule has 0 aliphatic carbocycles. The molecule has 1 atom stereocenters. The van der Waals surface area contributed by atoms with Crippen molar-refractivity contribution in [3.63, 3.8) is 0 Å². The van der Waals surface area contributed by atoms with Crippen LogP contribution in [0.1, 0.15) is 11.1 Å².